The molecule has 2 heteroatoms. The van der Waals surface area contributed by atoms with Crippen LogP contribution in [0.25, 0.3) is 0 Å². The van der Waals surface area contributed by atoms with Crippen molar-refractivity contribution in [1.82, 2.24) is 0 Å². The summed E-state index contributed by atoms with van der Waals surface area (Å²) in [6.45, 7) is 7.49. The molecule has 0 aliphatic rings. The van der Waals surface area contributed by atoms with Gasteiger partial charge in [-0.05, 0) is 12.3 Å². The van der Waals surface area contributed by atoms with Gasteiger partial charge < -0.3 is 4.74 Å². The standard InChI is InChI=1S/C9H17BrO/c1-3-5-6-11-8-9(4-2)7-10/h3,9H,1,4-8H2,2H3. The van der Waals surface area contributed by atoms with Gasteiger partial charge in [0.1, 0.15) is 0 Å². The third kappa shape index (κ3) is 6.57. The highest BCUT2D eigenvalue weighted by atomic mass is 79.9. The number of hydrogen-bond acceptors (Lipinski definition) is 1. The van der Waals surface area contributed by atoms with Crippen LogP contribution in [0.15, 0.2) is 12.7 Å². The zero-order valence-corrected chi connectivity index (χ0v) is 8.77. The smallest absolute Gasteiger partial charge is 0.0502 e. The van der Waals surface area contributed by atoms with Crippen LogP contribution in [-0.2, 0) is 4.74 Å². The fraction of sp³-hybridized carbons (Fsp3) is 0.778. The predicted octanol–water partition coefficient (Wildman–Crippen LogP) is 3.00. The van der Waals surface area contributed by atoms with Crippen molar-refractivity contribution >= 4 is 15.9 Å². The van der Waals surface area contributed by atoms with Crippen LogP contribution in [0.1, 0.15) is 19.8 Å². The van der Waals surface area contributed by atoms with Gasteiger partial charge in [-0.1, -0.05) is 35.4 Å². The van der Waals surface area contributed by atoms with Gasteiger partial charge in [-0.25, -0.2) is 0 Å². The van der Waals surface area contributed by atoms with Gasteiger partial charge in [0.15, 0.2) is 0 Å². The van der Waals surface area contributed by atoms with E-state index in [2.05, 4.69) is 29.4 Å². The van der Waals surface area contributed by atoms with E-state index in [1.54, 1.807) is 0 Å². The van der Waals surface area contributed by atoms with Crippen molar-refractivity contribution in [3.8, 4) is 0 Å². The van der Waals surface area contributed by atoms with E-state index < -0.39 is 0 Å². The molecule has 0 aromatic heterocycles. The molecule has 1 atom stereocenters. The first kappa shape index (κ1) is 11.2. The minimum atomic E-state index is 0.666. The van der Waals surface area contributed by atoms with Gasteiger partial charge in [0.05, 0.1) is 13.2 Å². The molecule has 0 rings (SSSR count). The molecular weight excluding hydrogens is 204 g/mol. The second kappa shape index (κ2) is 8.28. The molecule has 0 aliphatic carbocycles. The summed E-state index contributed by atoms with van der Waals surface area (Å²) in [5.41, 5.74) is 0. The third-order valence-electron chi connectivity index (χ3n) is 1.62. The SMILES string of the molecule is C=CCCOCC(CC)CBr. The fourth-order valence-electron chi connectivity index (χ4n) is 0.688. The van der Waals surface area contributed by atoms with Crippen molar-refractivity contribution in [2.24, 2.45) is 5.92 Å². The second-order valence-electron chi connectivity index (χ2n) is 2.58. The Bertz CT molecular complexity index is 89.6. The Morgan fingerprint density at radius 3 is 2.82 bits per heavy atom. The molecule has 0 aliphatic heterocycles. The first-order valence-corrected chi connectivity index (χ1v) is 5.21. The molecule has 11 heavy (non-hydrogen) atoms. The summed E-state index contributed by atoms with van der Waals surface area (Å²) in [4.78, 5) is 0. The summed E-state index contributed by atoms with van der Waals surface area (Å²) in [6.07, 6.45) is 4.02. The minimum absolute atomic E-state index is 0.666. The second-order valence-corrected chi connectivity index (χ2v) is 3.23. The van der Waals surface area contributed by atoms with Crippen LogP contribution in [-0.4, -0.2) is 18.5 Å². The van der Waals surface area contributed by atoms with E-state index in [1.807, 2.05) is 6.08 Å². The Morgan fingerprint density at radius 1 is 1.64 bits per heavy atom. The number of halogens is 1. The highest BCUT2D eigenvalue weighted by Gasteiger charge is 2.02. The van der Waals surface area contributed by atoms with Crippen molar-refractivity contribution in [3.63, 3.8) is 0 Å². The predicted molar refractivity (Wildman–Crippen MR) is 53.2 cm³/mol. The minimum Gasteiger partial charge on any atom is -0.381 e. The van der Waals surface area contributed by atoms with Gasteiger partial charge in [0.25, 0.3) is 0 Å². The fourth-order valence-corrected chi connectivity index (χ4v) is 1.33. The lowest BCUT2D eigenvalue weighted by atomic mass is 10.1. The summed E-state index contributed by atoms with van der Waals surface area (Å²) in [6, 6.07) is 0. The van der Waals surface area contributed by atoms with Crippen molar-refractivity contribution in [2.45, 2.75) is 19.8 Å². The average molecular weight is 221 g/mol. The van der Waals surface area contributed by atoms with Gasteiger partial charge in [-0.3, -0.25) is 0 Å². The largest absolute Gasteiger partial charge is 0.381 e. The lowest BCUT2D eigenvalue weighted by Crippen LogP contribution is -2.10. The zero-order valence-electron chi connectivity index (χ0n) is 7.18. The van der Waals surface area contributed by atoms with E-state index >= 15 is 0 Å². The topological polar surface area (TPSA) is 9.23 Å². The lowest BCUT2D eigenvalue weighted by Gasteiger charge is -2.10. The number of alkyl halides is 1. The van der Waals surface area contributed by atoms with Crippen molar-refractivity contribution in [3.05, 3.63) is 12.7 Å². The van der Waals surface area contributed by atoms with E-state index in [0.29, 0.717) is 5.92 Å². The molecular formula is C9H17BrO. The van der Waals surface area contributed by atoms with E-state index in [0.717, 1.165) is 25.0 Å². The van der Waals surface area contributed by atoms with Crippen molar-refractivity contribution in [1.29, 1.82) is 0 Å². The molecule has 0 radical (unpaired) electrons. The summed E-state index contributed by atoms with van der Waals surface area (Å²) < 4.78 is 5.42. The molecule has 0 amide bonds. The Labute approximate surface area is 78.0 Å². The molecule has 0 bridgehead atoms. The molecule has 66 valence electrons. The van der Waals surface area contributed by atoms with Crippen LogP contribution in [0.4, 0.5) is 0 Å². The van der Waals surface area contributed by atoms with Crippen LogP contribution in [0, 0.1) is 5.92 Å². The highest BCUT2D eigenvalue weighted by molar-refractivity contribution is 9.09. The molecule has 0 saturated heterocycles. The molecule has 1 unspecified atom stereocenters. The number of ether oxygens (including phenoxy) is 1. The van der Waals surface area contributed by atoms with Crippen LogP contribution >= 0.6 is 15.9 Å². The van der Waals surface area contributed by atoms with E-state index in [4.69, 9.17) is 4.74 Å². The molecule has 0 spiro atoms. The third-order valence-corrected chi connectivity index (χ3v) is 2.53. The van der Waals surface area contributed by atoms with Crippen LogP contribution in [0.3, 0.4) is 0 Å². The van der Waals surface area contributed by atoms with E-state index in [1.165, 1.54) is 6.42 Å². The molecule has 0 saturated carbocycles. The quantitative estimate of drug-likeness (QED) is 0.365. The summed E-state index contributed by atoms with van der Waals surface area (Å²) >= 11 is 3.45. The molecule has 0 N–H and O–H groups in total. The van der Waals surface area contributed by atoms with Crippen LogP contribution in [0.2, 0.25) is 0 Å². The van der Waals surface area contributed by atoms with Gasteiger partial charge in [-0.2, -0.15) is 0 Å². The average Bonchev–Trinajstić information content (AvgIpc) is 2.05. The maximum Gasteiger partial charge on any atom is 0.0502 e. The van der Waals surface area contributed by atoms with Gasteiger partial charge in [0.2, 0.25) is 0 Å². The van der Waals surface area contributed by atoms with Crippen molar-refractivity contribution < 1.29 is 4.74 Å². The summed E-state index contributed by atoms with van der Waals surface area (Å²) in [5.74, 6) is 0.666. The Kier molecular flexibility index (Phi) is 8.41. The molecule has 0 heterocycles. The number of hydrogen-bond donors (Lipinski definition) is 0. The molecule has 0 aromatic carbocycles. The summed E-state index contributed by atoms with van der Waals surface area (Å²) in [7, 11) is 0. The van der Waals surface area contributed by atoms with Gasteiger partial charge >= 0.3 is 0 Å². The number of rotatable bonds is 7. The summed E-state index contributed by atoms with van der Waals surface area (Å²) in [5, 5.41) is 1.04. The first-order valence-electron chi connectivity index (χ1n) is 4.09. The molecule has 1 nitrogen and oxygen atoms in total. The Morgan fingerprint density at radius 2 is 2.36 bits per heavy atom. The van der Waals surface area contributed by atoms with E-state index in [9.17, 15) is 0 Å². The highest BCUT2D eigenvalue weighted by Crippen LogP contribution is 2.06. The maximum atomic E-state index is 5.42. The zero-order chi connectivity index (χ0) is 8.53. The van der Waals surface area contributed by atoms with Gasteiger partial charge in [0, 0.05) is 5.33 Å². The Balaban J connectivity index is 3.13. The van der Waals surface area contributed by atoms with E-state index in [-0.39, 0.29) is 0 Å². The lowest BCUT2D eigenvalue weighted by molar-refractivity contribution is 0.109. The first-order chi connectivity index (χ1) is 5.35. The van der Waals surface area contributed by atoms with Crippen LogP contribution in [0.5, 0.6) is 0 Å². The van der Waals surface area contributed by atoms with Crippen LogP contribution < -0.4 is 0 Å². The van der Waals surface area contributed by atoms with Crippen molar-refractivity contribution in [2.75, 3.05) is 18.5 Å². The monoisotopic (exact) mass is 220 g/mol. The maximum absolute atomic E-state index is 5.42. The normalized spacial score (nSPS) is 12.9. The van der Waals surface area contributed by atoms with Gasteiger partial charge in [-0.15, -0.1) is 6.58 Å². The molecule has 0 fully saturated rings. The Hall–Kier alpha value is 0.180. The molecule has 0 aromatic rings.